The van der Waals surface area contributed by atoms with Crippen molar-refractivity contribution in [2.45, 2.75) is 69.3 Å². The van der Waals surface area contributed by atoms with Crippen LogP contribution in [0.4, 0.5) is 5.13 Å². The molecule has 1 saturated carbocycles. The number of sulfone groups is 1. The Morgan fingerprint density at radius 2 is 1.91 bits per heavy atom. The number of thiazole rings is 1. The number of esters is 1. The van der Waals surface area contributed by atoms with Crippen molar-refractivity contribution in [3.8, 4) is 10.4 Å². The maximum absolute atomic E-state index is 12.3. The maximum Gasteiger partial charge on any atom is 0.306 e. The molecule has 32 heavy (non-hydrogen) atoms. The molecule has 1 aromatic heterocycles. The molecule has 1 fully saturated rings. The highest BCUT2D eigenvalue weighted by Crippen LogP contribution is 2.35. The van der Waals surface area contributed by atoms with Gasteiger partial charge in [0.05, 0.1) is 20.5 Å². The summed E-state index contributed by atoms with van der Waals surface area (Å²) in [6.45, 7) is 1.80. The first-order valence-electron chi connectivity index (χ1n) is 10.6. The lowest BCUT2D eigenvalue weighted by Crippen LogP contribution is -2.15. The number of nitrogens with one attached hydrogen (secondary N) is 1. The number of aryl methyl sites for hydroxylation is 1. The molecule has 174 valence electrons. The molecule has 7 nitrogen and oxygen atoms in total. The summed E-state index contributed by atoms with van der Waals surface area (Å²) in [6, 6.07) is 4.80. The molecule has 10 heteroatoms. The number of hydrogen-bond donors (Lipinski definition) is 1. The largest absolute Gasteiger partial charge is 0.462 e. The van der Waals surface area contributed by atoms with Gasteiger partial charge in [0, 0.05) is 19.1 Å². The van der Waals surface area contributed by atoms with Crippen LogP contribution >= 0.6 is 22.9 Å². The summed E-state index contributed by atoms with van der Waals surface area (Å²) in [4.78, 5) is 29.3. The van der Waals surface area contributed by atoms with Crippen LogP contribution in [-0.4, -0.2) is 37.6 Å². The van der Waals surface area contributed by atoms with E-state index in [2.05, 4.69) is 10.3 Å². The van der Waals surface area contributed by atoms with E-state index in [1.807, 2.05) is 0 Å². The molecule has 0 saturated heterocycles. The zero-order chi connectivity index (χ0) is 23.3. The normalized spacial score (nSPS) is 14.5. The summed E-state index contributed by atoms with van der Waals surface area (Å²) in [5.74, 6) is -0.365. The van der Waals surface area contributed by atoms with Crippen LogP contribution in [0.1, 0.15) is 57.1 Å². The van der Waals surface area contributed by atoms with E-state index in [1.165, 1.54) is 17.4 Å². The molecule has 3 rings (SSSR count). The highest BCUT2D eigenvalue weighted by molar-refractivity contribution is 7.90. The SMILES string of the molecule is Cc1nc(NC(=O)CCCCC(=O)OC2CCCC2)sc1-c1ccc(Cl)c(S(C)(=O)=O)c1. The fourth-order valence-corrected chi connectivity index (χ4v) is 5.91. The summed E-state index contributed by atoms with van der Waals surface area (Å²) >= 11 is 7.30. The average Bonchev–Trinajstić information content (AvgIpc) is 3.34. The number of anilines is 1. The number of benzene rings is 1. The fourth-order valence-electron chi connectivity index (χ4n) is 3.63. The Bertz CT molecular complexity index is 1090. The van der Waals surface area contributed by atoms with Gasteiger partial charge in [0.2, 0.25) is 5.91 Å². The van der Waals surface area contributed by atoms with E-state index >= 15 is 0 Å². The number of halogens is 1. The second-order valence-corrected chi connectivity index (χ2v) is 11.4. The van der Waals surface area contributed by atoms with Crippen LogP contribution in [0, 0.1) is 6.92 Å². The Hall–Kier alpha value is -1.97. The van der Waals surface area contributed by atoms with Crippen molar-refractivity contribution >= 4 is 49.8 Å². The average molecular weight is 499 g/mol. The molecule has 1 amide bonds. The number of carbonyl (C=O) groups excluding carboxylic acids is 2. The summed E-state index contributed by atoms with van der Waals surface area (Å²) in [6.07, 6.45) is 7.11. The van der Waals surface area contributed by atoms with Gasteiger partial charge in [-0.05, 0) is 63.1 Å². The van der Waals surface area contributed by atoms with Gasteiger partial charge >= 0.3 is 5.97 Å². The molecule has 1 heterocycles. The molecule has 0 bridgehead atoms. The van der Waals surface area contributed by atoms with Crippen molar-refractivity contribution in [3.05, 3.63) is 28.9 Å². The lowest BCUT2D eigenvalue weighted by atomic mass is 10.2. The lowest BCUT2D eigenvalue weighted by Gasteiger charge is -2.10. The smallest absolute Gasteiger partial charge is 0.306 e. The number of rotatable bonds is 9. The van der Waals surface area contributed by atoms with Crippen molar-refractivity contribution in [2.75, 3.05) is 11.6 Å². The molecule has 0 unspecified atom stereocenters. The Balaban J connectivity index is 1.51. The van der Waals surface area contributed by atoms with Gasteiger partial charge in [-0.25, -0.2) is 13.4 Å². The molecule has 0 aliphatic heterocycles. The third kappa shape index (κ3) is 6.76. The molecule has 1 N–H and O–H groups in total. The van der Waals surface area contributed by atoms with Crippen molar-refractivity contribution in [1.29, 1.82) is 0 Å². The molecule has 1 aliphatic rings. The van der Waals surface area contributed by atoms with E-state index in [1.54, 1.807) is 19.1 Å². The van der Waals surface area contributed by atoms with E-state index < -0.39 is 9.84 Å². The number of hydrogen-bond acceptors (Lipinski definition) is 7. The van der Waals surface area contributed by atoms with Gasteiger partial charge in [-0.3, -0.25) is 9.59 Å². The van der Waals surface area contributed by atoms with E-state index in [0.29, 0.717) is 35.7 Å². The Morgan fingerprint density at radius 3 is 2.59 bits per heavy atom. The molecular weight excluding hydrogens is 472 g/mol. The monoisotopic (exact) mass is 498 g/mol. The summed E-state index contributed by atoms with van der Waals surface area (Å²) in [5, 5.41) is 3.39. The Labute approximate surface area is 197 Å². The molecule has 1 aliphatic carbocycles. The van der Waals surface area contributed by atoms with Crippen molar-refractivity contribution in [1.82, 2.24) is 4.98 Å². The second kappa shape index (κ2) is 10.8. The predicted octanol–water partition coefficient (Wildman–Crippen LogP) is 5.16. The van der Waals surface area contributed by atoms with E-state index in [9.17, 15) is 18.0 Å². The summed E-state index contributed by atoms with van der Waals surface area (Å²) < 4.78 is 29.3. The van der Waals surface area contributed by atoms with E-state index in [4.69, 9.17) is 16.3 Å². The fraction of sp³-hybridized carbons (Fsp3) is 0.500. The molecule has 1 aromatic carbocycles. The number of ether oxygens (including phenoxy) is 1. The highest BCUT2D eigenvalue weighted by Gasteiger charge is 2.19. The van der Waals surface area contributed by atoms with Gasteiger partial charge in [0.25, 0.3) is 0 Å². The zero-order valence-corrected chi connectivity index (χ0v) is 20.5. The van der Waals surface area contributed by atoms with Crippen LogP contribution in [0.3, 0.4) is 0 Å². The Kier molecular flexibility index (Phi) is 8.30. The first kappa shape index (κ1) is 24.7. The van der Waals surface area contributed by atoms with Gasteiger partial charge in [0.1, 0.15) is 6.10 Å². The molecule has 0 spiro atoms. The number of amides is 1. The third-order valence-corrected chi connectivity index (χ3v) is 7.97. The molecule has 0 atom stereocenters. The van der Waals surface area contributed by atoms with Crippen LogP contribution in [0.15, 0.2) is 23.1 Å². The standard InChI is InChI=1S/C22H27ClN2O5S2/c1-14-21(15-11-12-17(23)18(13-15)32(2,28)29)31-22(24-14)25-19(26)9-5-6-10-20(27)30-16-7-3-4-8-16/h11-13,16H,3-10H2,1-2H3,(H,24,25,26). The molecule has 2 aromatic rings. The van der Waals surface area contributed by atoms with E-state index in [0.717, 1.165) is 36.8 Å². The van der Waals surface area contributed by atoms with Gasteiger partial charge < -0.3 is 10.1 Å². The minimum Gasteiger partial charge on any atom is -0.462 e. The van der Waals surface area contributed by atoms with Gasteiger partial charge in [-0.2, -0.15) is 0 Å². The topological polar surface area (TPSA) is 102 Å². The van der Waals surface area contributed by atoms with Crippen LogP contribution in [0.25, 0.3) is 10.4 Å². The summed E-state index contributed by atoms with van der Waals surface area (Å²) in [7, 11) is -3.47. The second-order valence-electron chi connectivity index (χ2n) is 8.00. The number of aromatic nitrogens is 1. The van der Waals surface area contributed by atoms with Crippen LogP contribution in [-0.2, 0) is 24.2 Å². The first-order valence-corrected chi connectivity index (χ1v) is 13.7. The quantitative estimate of drug-likeness (QED) is 0.378. The van der Waals surface area contributed by atoms with Crippen molar-refractivity contribution < 1.29 is 22.7 Å². The maximum atomic E-state index is 12.3. The predicted molar refractivity (Wildman–Crippen MR) is 126 cm³/mol. The Morgan fingerprint density at radius 1 is 1.22 bits per heavy atom. The number of unbranched alkanes of at least 4 members (excludes halogenated alkanes) is 1. The molecular formula is C22H27ClN2O5S2. The van der Waals surface area contributed by atoms with Crippen LogP contribution < -0.4 is 5.32 Å². The summed E-state index contributed by atoms with van der Waals surface area (Å²) in [5.41, 5.74) is 1.35. The number of nitrogens with zero attached hydrogens (tertiary/aromatic N) is 1. The van der Waals surface area contributed by atoms with Gasteiger partial charge in [0.15, 0.2) is 15.0 Å². The minimum atomic E-state index is -3.47. The molecule has 0 radical (unpaired) electrons. The third-order valence-electron chi connectivity index (χ3n) is 5.27. The van der Waals surface area contributed by atoms with E-state index in [-0.39, 0.29) is 34.3 Å². The van der Waals surface area contributed by atoms with Gasteiger partial charge in [-0.1, -0.05) is 29.0 Å². The van der Waals surface area contributed by atoms with Crippen LogP contribution in [0.5, 0.6) is 0 Å². The van der Waals surface area contributed by atoms with Crippen LogP contribution in [0.2, 0.25) is 5.02 Å². The number of carbonyl (C=O) groups is 2. The lowest BCUT2D eigenvalue weighted by molar-refractivity contribution is -0.148. The van der Waals surface area contributed by atoms with Crippen molar-refractivity contribution in [3.63, 3.8) is 0 Å². The van der Waals surface area contributed by atoms with Gasteiger partial charge in [-0.15, -0.1) is 0 Å². The minimum absolute atomic E-state index is 0.0570. The van der Waals surface area contributed by atoms with Crippen molar-refractivity contribution in [2.24, 2.45) is 0 Å². The zero-order valence-electron chi connectivity index (χ0n) is 18.1. The highest BCUT2D eigenvalue weighted by atomic mass is 35.5. The first-order chi connectivity index (χ1) is 15.1.